The lowest BCUT2D eigenvalue weighted by Crippen LogP contribution is -2.19. The Morgan fingerprint density at radius 2 is 1.64 bits per heavy atom. The van der Waals surface area contributed by atoms with Crippen LogP contribution in [0.4, 0.5) is 17.3 Å². The van der Waals surface area contributed by atoms with Crippen molar-refractivity contribution in [1.29, 1.82) is 0 Å². The van der Waals surface area contributed by atoms with E-state index in [9.17, 15) is 0 Å². The Morgan fingerprint density at radius 1 is 0.848 bits per heavy atom. The number of benzene rings is 2. The molecule has 0 fully saturated rings. The van der Waals surface area contributed by atoms with Gasteiger partial charge in [0.05, 0.1) is 0 Å². The SMILES string of the molecule is CNc1ncccc1OCc1ccnc(NC(=S)Nc2ccc(Oc3ccccc3)cc2)c1. The van der Waals surface area contributed by atoms with Gasteiger partial charge in [-0.05, 0) is 78.4 Å². The molecule has 4 aromatic rings. The zero-order valence-corrected chi connectivity index (χ0v) is 18.8. The van der Waals surface area contributed by atoms with Crippen LogP contribution in [-0.2, 0) is 6.61 Å². The van der Waals surface area contributed by atoms with Crippen molar-refractivity contribution in [2.75, 3.05) is 23.0 Å². The molecular formula is C25H23N5O2S. The van der Waals surface area contributed by atoms with E-state index in [-0.39, 0.29) is 0 Å². The number of para-hydroxylation sites is 1. The molecule has 8 heteroatoms. The third-order valence-corrected chi connectivity index (χ3v) is 4.76. The van der Waals surface area contributed by atoms with Crippen LogP contribution in [0.1, 0.15) is 5.56 Å². The molecular weight excluding hydrogens is 434 g/mol. The number of hydrogen-bond acceptors (Lipinski definition) is 6. The minimum Gasteiger partial charge on any atom is -0.485 e. The monoisotopic (exact) mass is 457 g/mol. The van der Waals surface area contributed by atoms with E-state index in [1.807, 2.05) is 78.9 Å². The molecule has 0 aliphatic rings. The summed E-state index contributed by atoms with van der Waals surface area (Å²) in [6.07, 6.45) is 3.42. The van der Waals surface area contributed by atoms with Gasteiger partial charge < -0.3 is 25.4 Å². The van der Waals surface area contributed by atoms with Gasteiger partial charge in [0.1, 0.15) is 23.9 Å². The fraction of sp³-hybridized carbons (Fsp3) is 0.0800. The van der Waals surface area contributed by atoms with Gasteiger partial charge >= 0.3 is 0 Å². The Hall–Kier alpha value is -4.17. The standard InChI is InChI=1S/C25H23N5O2S/c1-26-24-22(8-5-14-28-24)31-17-18-13-15-27-23(16-18)30-25(33)29-19-9-11-21(12-10-19)32-20-6-3-2-4-7-20/h2-16H,17H2,1H3,(H,26,28)(H2,27,29,30,33). The van der Waals surface area contributed by atoms with Crippen LogP contribution in [0.3, 0.4) is 0 Å². The van der Waals surface area contributed by atoms with Gasteiger partial charge in [-0.15, -0.1) is 0 Å². The molecule has 0 radical (unpaired) electrons. The van der Waals surface area contributed by atoms with Gasteiger partial charge in [-0.1, -0.05) is 18.2 Å². The second-order valence-electron chi connectivity index (χ2n) is 6.96. The molecule has 2 aromatic heterocycles. The number of rotatable bonds is 8. The highest BCUT2D eigenvalue weighted by atomic mass is 32.1. The molecule has 0 amide bonds. The third kappa shape index (κ3) is 6.41. The molecule has 0 spiro atoms. The summed E-state index contributed by atoms with van der Waals surface area (Å²) in [4.78, 5) is 8.57. The van der Waals surface area contributed by atoms with E-state index in [0.29, 0.717) is 29.1 Å². The number of thiocarbonyl (C=S) groups is 1. The number of ether oxygens (including phenoxy) is 2. The van der Waals surface area contributed by atoms with Crippen LogP contribution in [0.25, 0.3) is 0 Å². The second-order valence-corrected chi connectivity index (χ2v) is 7.37. The predicted molar refractivity (Wildman–Crippen MR) is 135 cm³/mol. The van der Waals surface area contributed by atoms with Crippen molar-refractivity contribution in [2.24, 2.45) is 0 Å². The van der Waals surface area contributed by atoms with E-state index >= 15 is 0 Å². The highest BCUT2D eigenvalue weighted by molar-refractivity contribution is 7.80. The number of anilines is 3. The molecule has 0 saturated heterocycles. The van der Waals surface area contributed by atoms with Crippen LogP contribution in [0, 0.1) is 0 Å². The first-order valence-electron chi connectivity index (χ1n) is 10.3. The fourth-order valence-electron chi connectivity index (χ4n) is 3.00. The molecule has 2 heterocycles. The average molecular weight is 458 g/mol. The number of aromatic nitrogens is 2. The van der Waals surface area contributed by atoms with Crippen molar-refractivity contribution in [3.05, 3.63) is 96.8 Å². The quantitative estimate of drug-likeness (QED) is 0.291. The lowest BCUT2D eigenvalue weighted by Gasteiger charge is -2.13. The Morgan fingerprint density at radius 3 is 2.42 bits per heavy atom. The van der Waals surface area contributed by atoms with Crippen molar-refractivity contribution in [3.63, 3.8) is 0 Å². The normalized spacial score (nSPS) is 10.2. The maximum atomic E-state index is 5.88. The van der Waals surface area contributed by atoms with Crippen LogP contribution >= 0.6 is 12.2 Å². The molecule has 0 aliphatic heterocycles. The van der Waals surface area contributed by atoms with Gasteiger partial charge in [0.25, 0.3) is 0 Å². The smallest absolute Gasteiger partial charge is 0.176 e. The summed E-state index contributed by atoms with van der Waals surface area (Å²) < 4.78 is 11.7. The van der Waals surface area contributed by atoms with E-state index in [2.05, 4.69) is 25.9 Å². The van der Waals surface area contributed by atoms with E-state index in [1.54, 1.807) is 19.4 Å². The van der Waals surface area contributed by atoms with Gasteiger partial charge in [-0.3, -0.25) is 0 Å². The van der Waals surface area contributed by atoms with Crippen molar-refractivity contribution >= 4 is 34.7 Å². The van der Waals surface area contributed by atoms with Gasteiger partial charge in [0.2, 0.25) is 0 Å². The molecule has 3 N–H and O–H groups in total. The maximum Gasteiger partial charge on any atom is 0.176 e. The fourth-order valence-corrected chi connectivity index (χ4v) is 3.22. The van der Waals surface area contributed by atoms with Crippen LogP contribution in [-0.4, -0.2) is 22.1 Å². The zero-order chi connectivity index (χ0) is 22.9. The van der Waals surface area contributed by atoms with E-state index in [1.165, 1.54) is 0 Å². The molecule has 166 valence electrons. The number of pyridine rings is 2. The van der Waals surface area contributed by atoms with Crippen molar-refractivity contribution < 1.29 is 9.47 Å². The highest BCUT2D eigenvalue weighted by Crippen LogP contribution is 2.23. The molecule has 0 unspecified atom stereocenters. The third-order valence-electron chi connectivity index (χ3n) is 4.56. The van der Waals surface area contributed by atoms with Gasteiger partial charge in [-0.2, -0.15) is 0 Å². The maximum absolute atomic E-state index is 5.88. The molecule has 0 atom stereocenters. The molecule has 0 saturated carbocycles. The number of nitrogens with zero attached hydrogens (tertiary/aromatic N) is 2. The van der Waals surface area contributed by atoms with Crippen molar-refractivity contribution in [3.8, 4) is 17.2 Å². The summed E-state index contributed by atoms with van der Waals surface area (Å²) in [5.41, 5.74) is 1.78. The molecule has 33 heavy (non-hydrogen) atoms. The summed E-state index contributed by atoms with van der Waals surface area (Å²) in [5.74, 6) is 3.53. The topological polar surface area (TPSA) is 80.3 Å². The summed E-state index contributed by atoms with van der Waals surface area (Å²) in [6, 6.07) is 24.7. The summed E-state index contributed by atoms with van der Waals surface area (Å²) in [6.45, 7) is 0.376. The van der Waals surface area contributed by atoms with Crippen LogP contribution in [0.2, 0.25) is 0 Å². The van der Waals surface area contributed by atoms with Crippen molar-refractivity contribution in [1.82, 2.24) is 9.97 Å². The Bertz CT molecular complexity index is 1200. The zero-order valence-electron chi connectivity index (χ0n) is 18.0. The van der Waals surface area contributed by atoms with Gasteiger partial charge in [0.15, 0.2) is 16.7 Å². The summed E-state index contributed by atoms with van der Waals surface area (Å²) in [5, 5.41) is 9.70. The molecule has 7 nitrogen and oxygen atoms in total. The minimum atomic E-state index is 0.376. The van der Waals surface area contributed by atoms with E-state index < -0.39 is 0 Å². The molecule has 4 rings (SSSR count). The van der Waals surface area contributed by atoms with Gasteiger partial charge in [0, 0.05) is 25.1 Å². The van der Waals surface area contributed by atoms with E-state index in [0.717, 1.165) is 22.7 Å². The first kappa shape index (κ1) is 22.0. The Labute approximate surface area is 197 Å². The van der Waals surface area contributed by atoms with Crippen LogP contribution in [0.15, 0.2) is 91.3 Å². The van der Waals surface area contributed by atoms with Crippen LogP contribution < -0.4 is 25.4 Å². The van der Waals surface area contributed by atoms with Gasteiger partial charge in [-0.25, -0.2) is 9.97 Å². The summed E-state index contributed by atoms with van der Waals surface area (Å²) in [7, 11) is 1.81. The molecule has 0 bridgehead atoms. The molecule has 0 aliphatic carbocycles. The lowest BCUT2D eigenvalue weighted by atomic mass is 10.3. The average Bonchev–Trinajstić information content (AvgIpc) is 2.85. The largest absolute Gasteiger partial charge is 0.485 e. The summed E-state index contributed by atoms with van der Waals surface area (Å²) >= 11 is 5.43. The molecule has 2 aromatic carbocycles. The predicted octanol–water partition coefficient (Wildman–Crippen LogP) is 5.70. The Kier molecular flexibility index (Phi) is 7.29. The van der Waals surface area contributed by atoms with Crippen LogP contribution in [0.5, 0.6) is 17.2 Å². The highest BCUT2D eigenvalue weighted by Gasteiger charge is 2.06. The second kappa shape index (κ2) is 10.9. The number of hydrogen-bond donors (Lipinski definition) is 3. The lowest BCUT2D eigenvalue weighted by molar-refractivity contribution is 0.306. The first-order valence-corrected chi connectivity index (χ1v) is 10.7. The minimum absolute atomic E-state index is 0.376. The van der Waals surface area contributed by atoms with E-state index in [4.69, 9.17) is 21.7 Å². The first-order chi connectivity index (χ1) is 16.2. The Balaban J connectivity index is 1.31. The van der Waals surface area contributed by atoms with Crippen molar-refractivity contribution in [2.45, 2.75) is 6.61 Å². The number of nitrogens with one attached hydrogen (secondary N) is 3.